The third-order valence-electron chi connectivity index (χ3n) is 4.64. The predicted octanol–water partition coefficient (Wildman–Crippen LogP) is 4.29. The highest BCUT2D eigenvalue weighted by Gasteiger charge is 2.17. The van der Waals surface area contributed by atoms with Crippen molar-refractivity contribution < 1.29 is 14.3 Å². The Morgan fingerprint density at radius 2 is 1.74 bits per heavy atom. The van der Waals surface area contributed by atoms with Gasteiger partial charge in [0, 0.05) is 10.0 Å². The van der Waals surface area contributed by atoms with Gasteiger partial charge in [0.25, 0.3) is 11.8 Å². The molecule has 2 aromatic rings. The summed E-state index contributed by atoms with van der Waals surface area (Å²) in [5, 5.41) is 0. The lowest BCUT2D eigenvalue weighted by Gasteiger charge is -2.23. The van der Waals surface area contributed by atoms with Crippen molar-refractivity contribution in [2.24, 2.45) is 0 Å². The minimum absolute atomic E-state index is 0.102. The normalized spacial score (nSPS) is 11.0. The molecular weight excluding hydrogens is 408 g/mol. The molecule has 0 aliphatic heterocycles. The second-order valence-corrected chi connectivity index (χ2v) is 7.87. The number of aryl methyl sites for hydroxylation is 1. The van der Waals surface area contributed by atoms with Gasteiger partial charge < -0.3 is 4.74 Å². The Morgan fingerprint density at radius 3 is 2.33 bits per heavy atom. The van der Waals surface area contributed by atoms with E-state index in [1.165, 1.54) is 5.56 Å². The fourth-order valence-corrected chi connectivity index (χ4v) is 2.70. The molecule has 0 aliphatic rings. The molecule has 6 heteroatoms. The van der Waals surface area contributed by atoms with Crippen LogP contribution in [0.3, 0.4) is 0 Å². The van der Waals surface area contributed by atoms with Crippen molar-refractivity contribution in [3.05, 3.63) is 63.6 Å². The molecular formula is C21H25BrN2O3. The van der Waals surface area contributed by atoms with Gasteiger partial charge in [0.1, 0.15) is 5.75 Å². The van der Waals surface area contributed by atoms with Crippen LogP contribution in [0.1, 0.15) is 48.7 Å². The molecule has 0 spiro atoms. The monoisotopic (exact) mass is 432 g/mol. The molecule has 144 valence electrons. The van der Waals surface area contributed by atoms with E-state index in [1.807, 2.05) is 37.3 Å². The van der Waals surface area contributed by atoms with Crippen LogP contribution in [-0.4, -0.2) is 18.4 Å². The molecule has 2 aromatic carbocycles. The third-order valence-corrected chi connectivity index (χ3v) is 5.49. The number of hydrogen-bond donors (Lipinski definition) is 2. The minimum Gasteiger partial charge on any atom is -0.484 e. The molecule has 0 atom stereocenters. The molecule has 0 saturated carbocycles. The quantitative estimate of drug-likeness (QED) is 0.669. The lowest BCUT2D eigenvalue weighted by Crippen LogP contribution is -2.43. The van der Waals surface area contributed by atoms with Gasteiger partial charge in [0.15, 0.2) is 6.61 Å². The van der Waals surface area contributed by atoms with Crippen molar-refractivity contribution >= 4 is 27.7 Å². The van der Waals surface area contributed by atoms with Crippen LogP contribution in [0, 0.1) is 6.92 Å². The molecule has 0 heterocycles. The van der Waals surface area contributed by atoms with Gasteiger partial charge >= 0.3 is 0 Å². The second-order valence-electron chi connectivity index (χ2n) is 7.02. The first-order valence-electron chi connectivity index (χ1n) is 8.81. The van der Waals surface area contributed by atoms with E-state index < -0.39 is 11.8 Å². The largest absolute Gasteiger partial charge is 0.484 e. The lowest BCUT2D eigenvalue weighted by molar-refractivity contribution is -0.123. The van der Waals surface area contributed by atoms with E-state index >= 15 is 0 Å². The van der Waals surface area contributed by atoms with Crippen LogP contribution in [-0.2, 0) is 10.2 Å². The van der Waals surface area contributed by atoms with Gasteiger partial charge in [0.2, 0.25) is 0 Å². The lowest BCUT2D eigenvalue weighted by atomic mass is 9.82. The highest BCUT2D eigenvalue weighted by Crippen LogP contribution is 2.28. The Bertz CT molecular complexity index is 817. The van der Waals surface area contributed by atoms with E-state index in [9.17, 15) is 9.59 Å². The van der Waals surface area contributed by atoms with Gasteiger partial charge in [-0.1, -0.05) is 54.9 Å². The molecule has 0 aliphatic carbocycles. The van der Waals surface area contributed by atoms with E-state index in [0.29, 0.717) is 11.3 Å². The molecule has 2 amide bonds. The summed E-state index contributed by atoms with van der Waals surface area (Å²) in [6, 6.07) is 12.9. The molecule has 0 unspecified atom stereocenters. The number of benzene rings is 2. The minimum atomic E-state index is -0.438. The number of carbonyl (C=O) groups excluding carboxylic acids is 2. The maximum atomic E-state index is 12.1. The number of hydrogen-bond acceptors (Lipinski definition) is 3. The van der Waals surface area contributed by atoms with Gasteiger partial charge in [-0.2, -0.15) is 0 Å². The first kappa shape index (κ1) is 21.0. The molecule has 0 fully saturated rings. The average molecular weight is 433 g/mol. The van der Waals surface area contributed by atoms with Crippen LogP contribution in [0.5, 0.6) is 5.75 Å². The molecule has 0 bridgehead atoms. The van der Waals surface area contributed by atoms with Crippen molar-refractivity contribution in [1.82, 2.24) is 10.9 Å². The van der Waals surface area contributed by atoms with Crippen LogP contribution >= 0.6 is 15.9 Å². The van der Waals surface area contributed by atoms with Gasteiger partial charge in [-0.15, -0.1) is 0 Å². The zero-order chi connectivity index (χ0) is 20.0. The molecule has 0 saturated heterocycles. The van der Waals surface area contributed by atoms with E-state index in [2.05, 4.69) is 47.6 Å². The summed E-state index contributed by atoms with van der Waals surface area (Å²) in [6.07, 6.45) is 1.03. The Morgan fingerprint density at radius 1 is 1.07 bits per heavy atom. The Labute approximate surface area is 168 Å². The zero-order valence-corrected chi connectivity index (χ0v) is 17.6. The standard InChI is InChI=1S/C21H25BrN2O3/c1-5-21(3,4)16-8-10-17(11-9-16)27-13-19(25)23-24-20(26)15-7-6-14(2)18(22)12-15/h6-12H,5,13H2,1-4H3,(H,23,25)(H,24,26). The first-order valence-corrected chi connectivity index (χ1v) is 9.61. The summed E-state index contributed by atoms with van der Waals surface area (Å²) in [5.74, 6) is -0.225. The number of nitrogens with one attached hydrogen (secondary N) is 2. The van der Waals surface area contributed by atoms with Crippen molar-refractivity contribution in [1.29, 1.82) is 0 Å². The van der Waals surface area contributed by atoms with Gasteiger partial charge in [-0.05, 0) is 54.2 Å². The Hall–Kier alpha value is -2.34. The third kappa shape index (κ3) is 5.82. The summed E-state index contributed by atoms with van der Waals surface area (Å²) >= 11 is 3.38. The van der Waals surface area contributed by atoms with E-state index in [-0.39, 0.29) is 12.0 Å². The number of ether oxygens (including phenoxy) is 1. The van der Waals surface area contributed by atoms with Crippen LogP contribution in [0.4, 0.5) is 0 Å². The van der Waals surface area contributed by atoms with E-state index in [4.69, 9.17) is 4.74 Å². The van der Waals surface area contributed by atoms with Gasteiger partial charge in [0.05, 0.1) is 0 Å². The number of halogens is 1. The van der Waals surface area contributed by atoms with Crippen molar-refractivity contribution in [2.45, 2.75) is 39.5 Å². The molecule has 0 aromatic heterocycles. The molecule has 2 N–H and O–H groups in total. The average Bonchev–Trinajstić information content (AvgIpc) is 2.66. The molecule has 0 radical (unpaired) electrons. The maximum Gasteiger partial charge on any atom is 0.276 e. The first-order chi connectivity index (χ1) is 12.7. The van der Waals surface area contributed by atoms with Crippen LogP contribution < -0.4 is 15.6 Å². The SMILES string of the molecule is CCC(C)(C)c1ccc(OCC(=O)NNC(=O)c2ccc(C)c(Br)c2)cc1. The van der Waals surface area contributed by atoms with Crippen molar-refractivity contribution in [3.63, 3.8) is 0 Å². The summed E-state index contributed by atoms with van der Waals surface area (Å²) in [4.78, 5) is 23.9. The Balaban J connectivity index is 1.82. The Kier molecular flexibility index (Phi) is 7.02. The predicted molar refractivity (Wildman–Crippen MR) is 110 cm³/mol. The molecule has 2 rings (SSSR count). The van der Waals surface area contributed by atoms with E-state index in [1.54, 1.807) is 12.1 Å². The van der Waals surface area contributed by atoms with Gasteiger partial charge in [-0.3, -0.25) is 20.4 Å². The summed E-state index contributed by atoms with van der Waals surface area (Å²) in [7, 11) is 0. The number of amides is 2. The molecule has 5 nitrogen and oxygen atoms in total. The number of rotatable bonds is 6. The van der Waals surface area contributed by atoms with Gasteiger partial charge in [-0.25, -0.2) is 0 Å². The summed E-state index contributed by atoms with van der Waals surface area (Å²) < 4.78 is 6.30. The van der Waals surface area contributed by atoms with Crippen molar-refractivity contribution in [2.75, 3.05) is 6.61 Å². The van der Waals surface area contributed by atoms with E-state index in [0.717, 1.165) is 16.5 Å². The topological polar surface area (TPSA) is 67.4 Å². The highest BCUT2D eigenvalue weighted by molar-refractivity contribution is 9.10. The number of hydrazine groups is 1. The fraction of sp³-hybridized carbons (Fsp3) is 0.333. The van der Waals surface area contributed by atoms with Crippen LogP contribution in [0.15, 0.2) is 46.9 Å². The van der Waals surface area contributed by atoms with Crippen LogP contribution in [0.25, 0.3) is 0 Å². The summed E-state index contributed by atoms with van der Waals surface area (Å²) in [5.41, 5.74) is 7.53. The smallest absolute Gasteiger partial charge is 0.276 e. The van der Waals surface area contributed by atoms with Crippen LogP contribution in [0.2, 0.25) is 0 Å². The zero-order valence-electron chi connectivity index (χ0n) is 16.1. The second kappa shape index (κ2) is 9.04. The number of carbonyl (C=O) groups is 2. The summed E-state index contributed by atoms with van der Waals surface area (Å²) in [6.45, 7) is 8.27. The fourth-order valence-electron chi connectivity index (χ4n) is 2.32. The molecule has 27 heavy (non-hydrogen) atoms. The highest BCUT2D eigenvalue weighted by atomic mass is 79.9. The van der Waals surface area contributed by atoms with Crippen molar-refractivity contribution in [3.8, 4) is 5.75 Å². The maximum absolute atomic E-state index is 12.1.